The summed E-state index contributed by atoms with van der Waals surface area (Å²) in [6, 6.07) is 0. The third kappa shape index (κ3) is 6.20. The summed E-state index contributed by atoms with van der Waals surface area (Å²) in [4.78, 5) is 0. The van der Waals surface area contributed by atoms with Crippen LogP contribution in [-0.2, 0) is 0 Å². The van der Waals surface area contributed by atoms with E-state index in [1.165, 1.54) is 63.9 Å². The molecule has 0 N–H and O–H groups in total. The van der Waals surface area contributed by atoms with Crippen LogP contribution in [-0.4, -0.2) is 0 Å². The highest BCUT2D eigenvalue weighted by molar-refractivity contribution is 7.23. The summed E-state index contributed by atoms with van der Waals surface area (Å²) in [6.07, 6.45) is 13.4. The van der Waals surface area contributed by atoms with E-state index >= 15 is 0 Å². The van der Waals surface area contributed by atoms with Crippen LogP contribution in [0.2, 0.25) is 0 Å². The SMILES string of the molecule is C/C(F)=C(P)\C=C(/C)C(C)CC1CCC(C2CCC(C)CC2)CC1C. The Labute approximate surface area is 158 Å². The van der Waals surface area contributed by atoms with Crippen molar-refractivity contribution in [3.8, 4) is 0 Å². The smallest absolute Gasteiger partial charge is 0.104 e. The van der Waals surface area contributed by atoms with Gasteiger partial charge in [0.1, 0.15) is 5.83 Å². The van der Waals surface area contributed by atoms with Crippen LogP contribution >= 0.6 is 9.24 Å². The van der Waals surface area contributed by atoms with Gasteiger partial charge >= 0.3 is 0 Å². The quantitative estimate of drug-likeness (QED) is 0.342. The van der Waals surface area contributed by atoms with E-state index in [-0.39, 0.29) is 5.83 Å². The molecule has 2 heteroatoms. The molecular formula is C23H40FP. The van der Waals surface area contributed by atoms with Crippen molar-refractivity contribution in [3.05, 3.63) is 22.8 Å². The lowest BCUT2D eigenvalue weighted by Gasteiger charge is -2.41. The van der Waals surface area contributed by atoms with Crippen molar-refractivity contribution >= 4 is 9.24 Å². The molecule has 5 atom stereocenters. The average Bonchev–Trinajstić information content (AvgIpc) is 2.57. The van der Waals surface area contributed by atoms with E-state index in [1.54, 1.807) is 0 Å². The maximum atomic E-state index is 13.3. The number of hydrogen-bond acceptors (Lipinski definition) is 0. The summed E-state index contributed by atoms with van der Waals surface area (Å²) in [5.41, 5.74) is 1.32. The normalized spacial score (nSPS) is 36.8. The van der Waals surface area contributed by atoms with Gasteiger partial charge in [-0.05, 0) is 87.9 Å². The molecule has 2 saturated carbocycles. The Balaban J connectivity index is 1.86. The van der Waals surface area contributed by atoms with Gasteiger partial charge in [0.2, 0.25) is 0 Å². The van der Waals surface area contributed by atoms with Crippen LogP contribution in [0, 0.1) is 35.5 Å². The van der Waals surface area contributed by atoms with Crippen LogP contribution in [0.1, 0.15) is 86.0 Å². The Morgan fingerprint density at radius 1 is 1.04 bits per heavy atom. The second-order valence-corrected chi connectivity index (χ2v) is 9.97. The Kier molecular flexibility index (Phi) is 8.19. The molecule has 0 bridgehead atoms. The summed E-state index contributed by atoms with van der Waals surface area (Å²) in [6.45, 7) is 10.9. The summed E-state index contributed by atoms with van der Waals surface area (Å²) < 4.78 is 13.3. The molecule has 0 aromatic rings. The molecule has 0 saturated heterocycles. The minimum absolute atomic E-state index is 0.0905. The molecule has 0 radical (unpaired) electrons. The van der Waals surface area contributed by atoms with E-state index in [9.17, 15) is 4.39 Å². The van der Waals surface area contributed by atoms with Crippen LogP contribution in [0.25, 0.3) is 0 Å². The second kappa shape index (κ2) is 9.68. The van der Waals surface area contributed by atoms with Gasteiger partial charge < -0.3 is 0 Å². The maximum absolute atomic E-state index is 13.3. The molecule has 0 aromatic carbocycles. The number of halogens is 1. The van der Waals surface area contributed by atoms with Crippen LogP contribution in [0.3, 0.4) is 0 Å². The largest absolute Gasteiger partial charge is 0.211 e. The van der Waals surface area contributed by atoms with E-state index in [0.717, 1.165) is 29.6 Å². The van der Waals surface area contributed by atoms with E-state index in [4.69, 9.17) is 0 Å². The molecule has 0 aliphatic heterocycles. The molecule has 2 fully saturated rings. The van der Waals surface area contributed by atoms with Gasteiger partial charge in [-0.1, -0.05) is 45.3 Å². The first-order valence-electron chi connectivity index (χ1n) is 10.6. The lowest BCUT2D eigenvalue weighted by Crippen LogP contribution is -2.30. The zero-order valence-electron chi connectivity index (χ0n) is 17.2. The predicted octanol–water partition coefficient (Wildman–Crippen LogP) is 7.91. The van der Waals surface area contributed by atoms with Gasteiger partial charge in [-0.15, -0.1) is 9.24 Å². The van der Waals surface area contributed by atoms with Crippen molar-refractivity contribution in [3.63, 3.8) is 0 Å². The molecule has 0 amide bonds. The molecule has 0 spiro atoms. The fourth-order valence-electron chi connectivity index (χ4n) is 5.16. The van der Waals surface area contributed by atoms with Crippen molar-refractivity contribution in [2.24, 2.45) is 35.5 Å². The van der Waals surface area contributed by atoms with E-state index in [2.05, 4.69) is 36.9 Å². The molecule has 2 aliphatic rings. The Morgan fingerprint density at radius 3 is 2.20 bits per heavy atom. The number of hydrogen-bond donors (Lipinski definition) is 0. The van der Waals surface area contributed by atoms with Crippen molar-refractivity contribution in [1.82, 2.24) is 0 Å². The van der Waals surface area contributed by atoms with Gasteiger partial charge in [0, 0.05) is 5.31 Å². The van der Waals surface area contributed by atoms with Crippen LogP contribution in [0.5, 0.6) is 0 Å². The van der Waals surface area contributed by atoms with Gasteiger partial charge in [-0.25, -0.2) is 4.39 Å². The van der Waals surface area contributed by atoms with Gasteiger partial charge in [-0.2, -0.15) is 0 Å². The monoisotopic (exact) mass is 366 g/mol. The van der Waals surface area contributed by atoms with Crippen LogP contribution in [0.15, 0.2) is 22.8 Å². The predicted molar refractivity (Wildman–Crippen MR) is 112 cm³/mol. The standard InChI is InChI=1S/C23H40FP/c1-15-6-8-20(9-7-15)22-11-10-21(18(4)13-22)12-16(2)17(3)14-23(25)19(5)24/h14-16,18,20-22H,6-13,25H2,1-5H3/b17-14+,23-19-. The fourth-order valence-corrected chi connectivity index (χ4v) is 5.43. The fraction of sp³-hybridized carbons (Fsp3) is 0.826. The van der Waals surface area contributed by atoms with Crippen molar-refractivity contribution in [1.29, 1.82) is 0 Å². The summed E-state index contributed by atoms with van der Waals surface area (Å²) in [5, 5.41) is 0.702. The Morgan fingerprint density at radius 2 is 1.64 bits per heavy atom. The summed E-state index contributed by atoms with van der Waals surface area (Å²) >= 11 is 0. The van der Waals surface area contributed by atoms with Crippen molar-refractivity contribution in [2.45, 2.75) is 86.0 Å². The second-order valence-electron chi connectivity index (χ2n) is 9.34. The van der Waals surface area contributed by atoms with Crippen LogP contribution < -0.4 is 0 Å². The summed E-state index contributed by atoms with van der Waals surface area (Å²) in [5.74, 6) is 5.12. The molecule has 2 aliphatic carbocycles. The highest BCUT2D eigenvalue weighted by Gasteiger charge is 2.34. The van der Waals surface area contributed by atoms with E-state index in [1.807, 2.05) is 6.08 Å². The Bertz CT molecular complexity index is 480. The summed E-state index contributed by atoms with van der Waals surface area (Å²) in [7, 11) is 2.53. The average molecular weight is 367 g/mol. The Hall–Kier alpha value is -0.160. The maximum Gasteiger partial charge on any atom is 0.104 e. The van der Waals surface area contributed by atoms with E-state index < -0.39 is 0 Å². The van der Waals surface area contributed by atoms with Gasteiger partial charge in [0.05, 0.1) is 0 Å². The topological polar surface area (TPSA) is 0 Å². The van der Waals surface area contributed by atoms with Crippen molar-refractivity contribution < 1.29 is 4.39 Å². The molecule has 144 valence electrons. The lowest BCUT2D eigenvalue weighted by atomic mass is 9.65. The first-order chi connectivity index (χ1) is 11.8. The highest BCUT2D eigenvalue weighted by atomic mass is 31.0. The van der Waals surface area contributed by atoms with E-state index in [0.29, 0.717) is 11.2 Å². The third-order valence-corrected chi connectivity index (χ3v) is 7.89. The third-order valence-electron chi connectivity index (χ3n) is 7.33. The number of allylic oxidation sites excluding steroid dienone is 4. The minimum atomic E-state index is -0.0905. The first kappa shape index (κ1) is 21.1. The molecule has 0 nitrogen and oxygen atoms in total. The van der Waals surface area contributed by atoms with Gasteiger partial charge in [-0.3, -0.25) is 0 Å². The zero-order valence-corrected chi connectivity index (χ0v) is 18.3. The molecule has 5 unspecified atom stereocenters. The lowest BCUT2D eigenvalue weighted by molar-refractivity contribution is 0.104. The number of rotatable bonds is 5. The highest BCUT2D eigenvalue weighted by Crippen LogP contribution is 2.45. The van der Waals surface area contributed by atoms with Crippen LogP contribution in [0.4, 0.5) is 4.39 Å². The molecule has 25 heavy (non-hydrogen) atoms. The zero-order chi connectivity index (χ0) is 18.6. The van der Waals surface area contributed by atoms with Crippen molar-refractivity contribution in [2.75, 3.05) is 0 Å². The molecular weight excluding hydrogens is 326 g/mol. The minimum Gasteiger partial charge on any atom is -0.211 e. The van der Waals surface area contributed by atoms with Gasteiger partial charge in [0.25, 0.3) is 0 Å². The molecule has 2 rings (SSSR count). The first-order valence-corrected chi connectivity index (χ1v) is 11.2. The molecule has 0 heterocycles. The molecule has 0 aromatic heterocycles. The van der Waals surface area contributed by atoms with Gasteiger partial charge in [0.15, 0.2) is 0 Å².